The third kappa shape index (κ3) is 5.16. The molecule has 2 aromatic rings. The molecule has 0 saturated carbocycles. The van der Waals surface area contributed by atoms with Crippen molar-refractivity contribution in [3.05, 3.63) is 30.0 Å². The van der Waals surface area contributed by atoms with Gasteiger partial charge in [0.05, 0.1) is 19.8 Å². The normalized spacial score (nSPS) is 18.0. The van der Waals surface area contributed by atoms with E-state index in [1.54, 1.807) is 13.2 Å². The number of hydrogen-bond acceptors (Lipinski definition) is 5. The molecule has 2 heterocycles. The van der Waals surface area contributed by atoms with E-state index in [4.69, 9.17) is 4.74 Å². The van der Waals surface area contributed by atoms with Crippen molar-refractivity contribution in [1.29, 1.82) is 0 Å². The van der Waals surface area contributed by atoms with Crippen LogP contribution in [-0.2, 0) is 9.59 Å². The van der Waals surface area contributed by atoms with Crippen molar-refractivity contribution < 1.29 is 24.2 Å². The SMILES string of the molecule is COc1cccc2[nH]c(C(=O)N[C@H](C(=O)N[C@H](CO)C[C@@H]3CCNC3=O)C(C)C)cc12. The van der Waals surface area contributed by atoms with E-state index in [-0.39, 0.29) is 24.3 Å². The second-order valence-corrected chi connectivity index (χ2v) is 8.20. The minimum atomic E-state index is -0.799. The smallest absolute Gasteiger partial charge is 0.268 e. The molecule has 1 aromatic heterocycles. The minimum Gasteiger partial charge on any atom is -0.496 e. The molecule has 9 heteroatoms. The summed E-state index contributed by atoms with van der Waals surface area (Å²) >= 11 is 0. The van der Waals surface area contributed by atoms with Gasteiger partial charge in [-0.2, -0.15) is 0 Å². The average Bonchev–Trinajstić information content (AvgIpc) is 3.36. The Morgan fingerprint density at radius 1 is 1.29 bits per heavy atom. The van der Waals surface area contributed by atoms with Crippen LogP contribution in [0.4, 0.5) is 0 Å². The van der Waals surface area contributed by atoms with Gasteiger partial charge in [0.1, 0.15) is 17.5 Å². The number of hydrogen-bond donors (Lipinski definition) is 5. The number of rotatable bonds is 9. The molecular formula is C22H30N4O5. The number of carbonyl (C=O) groups is 3. The molecule has 3 rings (SSSR count). The molecule has 0 aliphatic carbocycles. The summed E-state index contributed by atoms with van der Waals surface area (Å²) in [5.41, 5.74) is 1.07. The molecule has 0 bridgehead atoms. The number of aromatic amines is 1. The van der Waals surface area contributed by atoms with Gasteiger partial charge in [0.25, 0.3) is 5.91 Å². The molecule has 3 amide bonds. The molecule has 1 saturated heterocycles. The van der Waals surface area contributed by atoms with Gasteiger partial charge in [0, 0.05) is 23.4 Å². The number of carbonyl (C=O) groups excluding carboxylic acids is 3. The van der Waals surface area contributed by atoms with Crippen LogP contribution < -0.4 is 20.7 Å². The molecule has 1 aliphatic rings. The molecule has 0 unspecified atom stereocenters. The molecular weight excluding hydrogens is 400 g/mol. The zero-order valence-corrected chi connectivity index (χ0v) is 18.0. The first kappa shape index (κ1) is 22.6. The Hall–Kier alpha value is -3.07. The molecule has 5 N–H and O–H groups in total. The van der Waals surface area contributed by atoms with Gasteiger partial charge in [-0.3, -0.25) is 14.4 Å². The Labute approximate surface area is 180 Å². The second kappa shape index (κ2) is 9.82. The van der Waals surface area contributed by atoms with Crippen LogP contribution in [0.1, 0.15) is 37.2 Å². The van der Waals surface area contributed by atoms with Gasteiger partial charge in [-0.1, -0.05) is 19.9 Å². The number of aromatic nitrogens is 1. The van der Waals surface area contributed by atoms with E-state index in [0.717, 1.165) is 10.9 Å². The number of methoxy groups -OCH3 is 1. The first-order chi connectivity index (χ1) is 14.8. The van der Waals surface area contributed by atoms with Crippen molar-refractivity contribution in [3.8, 4) is 5.75 Å². The van der Waals surface area contributed by atoms with Crippen molar-refractivity contribution >= 4 is 28.6 Å². The maximum atomic E-state index is 12.9. The van der Waals surface area contributed by atoms with E-state index in [1.165, 1.54) is 0 Å². The maximum absolute atomic E-state index is 12.9. The van der Waals surface area contributed by atoms with Crippen LogP contribution in [0.15, 0.2) is 24.3 Å². The molecule has 1 aromatic carbocycles. The lowest BCUT2D eigenvalue weighted by Gasteiger charge is -2.25. The molecule has 1 fully saturated rings. The van der Waals surface area contributed by atoms with Gasteiger partial charge >= 0.3 is 0 Å². The summed E-state index contributed by atoms with van der Waals surface area (Å²) in [6, 6.07) is 5.80. The van der Waals surface area contributed by atoms with Crippen LogP contribution in [0.5, 0.6) is 5.75 Å². The van der Waals surface area contributed by atoms with Gasteiger partial charge in [-0.05, 0) is 37.0 Å². The molecule has 0 radical (unpaired) electrons. The Morgan fingerprint density at radius 3 is 2.68 bits per heavy atom. The summed E-state index contributed by atoms with van der Waals surface area (Å²) in [5.74, 6) is -0.636. The summed E-state index contributed by atoms with van der Waals surface area (Å²) in [4.78, 5) is 40.6. The fraction of sp³-hybridized carbons (Fsp3) is 0.500. The number of ether oxygens (including phenoxy) is 1. The lowest BCUT2D eigenvalue weighted by atomic mass is 9.97. The van der Waals surface area contributed by atoms with Gasteiger partial charge in [0.15, 0.2) is 0 Å². The standard InChI is InChI=1S/C22H30N4O5/c1-12(2)19(22(30)24-14(11-27)9-13-7-8-23-20(13)28)26-21(29)17-10-15-16(25-17)5-4-6-18(15)31-3/h4-6,10,12-14,19,25,27H,7-9,11H2,1-3H3,(H,23,28)(H,24,30)(H,26,29)/t13-,14-,19-/m0/s1. The zero-order valence-electron chi connectivity index (χ0n) is 18.0. The highest BCUT2D eigenvalue weighted by Gasteiger charge is 2.31. The van der Waals surface area contributed by atoms with Crippen LogP contribution in [0.25, 0.3) is 10.9 Å². The fourth-order valence-corrected chi connectivity index (χ4v) is 3.87. The third-order valence-electron chi connectivity index (χ3n) is 5.62. The highest BCUT2D eigenvalue weighted by Crippen LogP contribution is 2.26. The summed E-state index contributed by atoms with van der Waals surface area (Å²) in [6.45, 7) is 3.99. The van der Waals surface area contributed by atoms with Crippen molar-refractivity contribution in [2.24, 2.45) is 11.8 Å². The molecule has 9 nitrogen and oxygen atoms in total. The Bertz CT molecular complexity index is 955. The number of amides is 3. The Morgan fingerprint density at radius 2 is 2.06 bits per heavy atom. The number of benzene rings is 1. The van der Waals surface area contributed by atoms with Crippen LogP contribution in [0.2, 0.25) is 0 Å². The monoisotopic (exact) mass is 430 g/mol. The zero-order chi connectivity index (χ0) is 22.5. The van der Waals surface area contributed by atoms with Crippen molar-refractivity contribution in [2.45, 2.75) is 38.8 Å². The van der Waals surface area contributed by atoms with E-state index in [2.05, 4.69) is 20.9 Å². The van der Waals surface area contributed by atoms with E-state index in [1.807, 2.05) is 32.0 Å². The van der Waals surface area contributed by atoms with E-state index >= 15 is 0 Å². The minimum absolute atomic E-state index is 0.0596. The third-order valence-corrected chi connectivity index (χ3v) is 5.62. The first-order valence-electron chi connectivity index (χ1n) is 10.5. The Kier molecular flexibility index (Phi) is 7.17. The highest BCUT2D eigenvalue weighted by atomic mass is 16.5. The second-order valence-electron chi connectivity index (χ2n) is 8.20. The summed E-state index contributed by atoms with van der Waals surface area (Å²) in [7, 11) is 1.56. The number of nitrogens with one attached hydrogen (secondary N) is 4. The number of aliphatic hydroxyl groups is 1. The maximum Gasteiger partial charge on any atom is 0.268 e. The summed E-state index contributed by atoms with van der Waals surface area (Å²) in [5, 5.41) is 18.8. The number of aliphatic hydroxyl groups excluding tert-OH is 1. The highest BCUT2D eigenvalue weighted by molar-refractivity contribution is 6.01. The quantitative estimate of drug-likeness (QED) is 0.404. The predicted octanol–water partition coefficient (Wildman–Crippen LogP) is 0.934. The first-order valence-corrected chi connectivity index (χ1v) is 10.5. The topological polar surface area (TPSA) is 133 Å². The molecule has 168 valence electrons. The van der Waals surface area contributed by atoms with Crippen LogP contribution >= 0.6 is 0 Å². The van der Waals surface area contributed by atoms with Crippen LogP contribution in [0, 0.1) is 11.8 Å². The average molecular weight is 431 g/mol. The summed E-state index contributed by atoms with van der Waals surface area (Å²) in [6.07, 6.45) is 1.04. The molecule has 0 spiro atoms. The lowest BCUT2D eigenvalue weighted by molar-refractivity contribution is -0.126. The largest absolute Gasteiger partial charge is 0.496 e. The fourth-order valence-electron chi connectivity index (χ4n) is 3.87. The summed E-state index contributed by atoms with van der Waals surface area (Å²) < 4.78 is 5.33. The van der Waals surface area contributed by atoms with Gasteiger partial charge in [0.2, 0.25) is 11.8 Å². The number of fused-ring (bicyclic) bond motifs is 1. The van der Waals surface area contributed by atoms with Gasteiger partial charge in [-0.15, -0.1) is 0 Å². The van der Waals surface area contributed by atoms with Crippen LogP contribution in [0.3, 0.4) is 0 Å². The number of H-pyrrole nitrogens is 1. The molecule has 3 atom stereocenters. The van der Waals surface area contributed by atoms with E-state index < -0.39 is 23.9 Å². The lowest BCUT2D eigenvalue weighted by Crippen LogP contribution is -2.53. The Balaban J connectivity index is 1.69. The van der Waals surface area contributed by atoms with Crippen LogP contribution in [-0.4, -0.2) is 60.2 Å². The van der Waals surface area contributed by atoms with E-state index in [0.29, 0.717) is 30.8 Å². The van der Waals surface area contributed by atoms with Crippen molar-refractivity contribution in [3.63, 3.8) is 0 Å². The van der Waals surface area contributed by atoms with Gasteiger partial charge in [-0.25, -0.2) is 0 Å². The van der Waals surface area contributed by atoms with Crippen molar-refractivity contribution in [2.75, 3.05) is 20.3 Å². The van der Waals surface area contributed by atoms with Gasteiger partial charge < -0.3 is 30.8 Å². The van der Waals surface area contributed by atoms with E-state index in [9.17, 15) is 19.5 Å². The van der Waals surface area contributed by atoms with Crippen molar-refractivity contribution in [1.82, 2.24) is 20.9 Å². The predicted molar refractivity (Wildman–Crippen MR) is 116 cm³/mol. The molecule has 1 aliphatic heterocycles. The molecule has 31 heavy (non-hydrogen) atoms.